The van der Waals surface area contributed by atoms with Crippen LogP contribution in [0.5, 0.6) is 0 Å². The molecule has 0 saturated carbocycles. The van der Waals surface area contributed by atoms with Crippen molar-refractivity contribution in [3.8, 4) is 0 Å². The van der Waals surface area contributed by atoms with Gasteiger partial charge in [-0.1, -0.05) is 66.2 Å². The monoisotopic (exact) mass is 350 g/mol. The number of allylic oxidation sites excluding steroid dienone is 1. The molecule has 0 fully saturated rings. The molecule has 0 N–H and O–H groups in total. The number of methoxy groups -OCH3 is 2. The predicted molar refractivity (Wildman–Crippen MR) is 99.6 cm³/mol. The Labute approximate surface area is 153 Å². The molecule has 2 aromatic carbocycles. The number of fused-ring (bicyclic) bond motifs is 1. The minimum atomic E-state index is -1.47. The second kappa shape index (κ2) is 7.16. The third-order valence-corrected chi connectivity index (χ3v) is 5.02. The molecule has 0 aromatic heterocycles. The summed E-state index contributed by atoms with van der Waals surface area (Å²) in [5.74, 6) is -1.55. The van der Waals surface area contributed by atoms with E-state index in [-0.39, 0.29) is 5.92 Å². The quantitative estimate of drug-likeness (QED) is 0.626. The number of carbonyl (C=O) groups excluding carboxylic acids is 2. The molecule has 0 unspecified atom stereocenters. The Hall–Kier alpha value is -2.88. The minimum absolute atomic E-state index is 0.375. The Morgan fingerprint density at radius 3 is 2.38 bits per heavy atom. The van der Waals surface area contributed by atoms with Gasteiger partial charge >= 0.3 is 11.9 Å². The summed E-state index contributed by atoms with van der Waals surface area (Å²) in [5, 5.41) is 0. The molecule has 4 nitrogen and oxygen atoms in total. The van der Waals surface area contributed by atoms with Crippen LogP contribution in [0.1, 0.15) is 22.3 Å². The molecule has 3 rings (SSSR count). The van der Waals surface area contributed by atoms with E-state index in [0.29, 0.717) is 12.0 Å². The molecule has 0 saturated heterocycles. The molecular weight excluding hydrogens is 328 g/mol. The van der Waals surface area contributed by atoms with Crippen molar-refractivity contribution in [2.75, 3.05) is 14.2 Å². The summed E-state index contributed by atoms with van der Waals surface area (Å²) in [5.41, 5.74) is 2.32. The molecule has 0 radical (unpaired) electrons. The average Bonchev–Trinajstić information content (AvgIpc) is 3.00. The van der Waals surface area contributed by atoms with Crippen molar-refractivity contribution in [1.82, 2.24) is 0 Å². The number of benzene rings is 2. The smallest absolute Gasteiger partial charge is 0.328 e. The summed E-state index contributed by atoms with van der Waals surface area (Å²) in [6.45, 7) is 2.02. The zero-order valence-electron chi connectivity index (χ0n) is 15.2. The number of carbonyl (C=O) groups is 2. The van der Waals surface area contributed by atoms with E-state index < -0.39 is 17.4 Å². The van der Waals surface area contributed by atoms with Gasteiger partial charge in [0.25, 0.3) is 0 Å². The standard InChI is InChI=1S/C22H22O4/c1-15-7-6-8-16(13-15)11-12-18-14-17-9-4-5-10-19(17)22(18,20(23)25-2)21(24)26-3/h4-13,18H,14H2,1-3H3/b12-11+/t18-/m1/s1. The predicted octanol–water partition coefficient (Wildman–Crippen LogP) is 3.46. The lowest BCUT2D eigenvalue weighted by Crippen LogP contribution is -2.48. The fourth-order valence-corrected chi connectivity index (χ4v) is 3.81. The number of aryl methyl sites for hydroxylation is 1. The van der Waals surface area contributed by atoms with Gasteiger partial charge in [0.2, 0.25) is 0 Å². The fraction of sp³-hybridized carbons (Fsp3) is 0.273. The van der Waals surface area contributed by atoms with E-state index in [4.69, 9.17) is 9.47 Å². The van der Waals surface area contributed by atoms with Gasteiger partial charge in [-0.3, -0.25) is 9.59 Å². The number of hydrogen-bond acceptors (Lipinski definition) is 4. The maximum absolute atomic E-state index is 12.8. The van der Waals surface area contributed by atoms with Crippen molar-refractivity contribution < 1.29 is 19.1 Å². The third kappa shape index (κ3) is 2.81. The van der Waals surface area contributed by atoms with Crippen LogP contribution in [0.4, 0.5) is 0 Å². The summed E-state index contributed by atoms with van der Waals surface area (Å²) < 4.78 is 10.1. The first kappa shape index (κ1) is 17.9. The van der Waals surface area contributed by atoms with Gasteiger partial charge in [-0.05, 0) is 30.0 Å². The molecule has 134 valence electrons. The Bertz CT molecular complexity index is 850. The first-order chi connectivity index (χ1) is 12.5. The molecule has 4 heteroatoms. The topological polar surface area (TPSA) is 52.6 Å². The van der Waals surface area contributed by atoms with Gasteiger partial charge in [0.1, 0.15) is 0 Å². The summed E-state index contributed by atoms with van der Waals surface area (Å²) in [7, 11) is 2.60. The van der Waals surface area contributed by atoms with Crippen molar-refractivity contribution >= 4 is 18.0 Å². The highest BCUT2D eigenvalue weighted by Gasteiger charge is 2.59. The van der Waals surface area contributed by atoms with Gasteiger partial charge < -0.3 is 9.47 Å². The SMILES string of the molecule is COC(=O)C1(C(=O)OC)c2ccccc2C[C@H]1/C=C/c1cccc(C)c1. The van der Waals surface area contributed by atoms with Crippen LogP contribution < -0.4 is 0 Å². The second-order valence-corrected chi connectivity index (χ2v) is 6.53. The van der Waals surface area contributed by atoms with E-state index in [9.17, 15) is 9.59 Å². The molecule has 1 aliphatic rings. The summed E-state index contributed by atoms with van der Waals surface area (Å²) >= 11 is 0. The molecule has 0 amide bonds. The zero-order valence-corrected chi connectivity index (χ0v) is 15.2. The van der Waals surface area contributed by atoms with E-state index in [1.165, 1.54) is 14.2 Å². The highest BCUT2D eigenvalue weighted by atomic mass is 16.5. The highest BCUT2D eigenvalue weighted by molar-refractivity contribution is 6.08. The summed E-state index contributed by atoms with van der Waals surface area (Å²) in [6, 6.07) is 15.5. The normalized spacial score (nSPS) is 17.7. The molecule has 26 heavy (non-hydrogen) atoms. The van der Waals surface area contributed by atoms with Gasteiger partial charge in [0.05, 0.1) is 14.2 Å². The molecule has 1 atom stereocenters. The van der Waals surface area contributed by atoms with Crippen LogP contribution in [0, 0.1) is 12.8 Å². The van der Waals surface area contributed by atoms with Crippen LogP contribution >= 0.6 is 0 Å². The van der Waals surface area contributed by atoms with Crippen molar-refractivity contribution in [2.45, 2.75) is 18.8 Å². The van der Waals surface area contributed by atoms with Crippen molar-refractivity contribution in [2.24, 2.45) is 5.92 Å². The lowest BCUT2D eigenvalue weighted by molar-refractivity contribution is -0.163. The largest absolute Gasteiger partial charge is 0.468 e. The van der Waals surface area contributed by atoms with Crippen LogP contribution in [0.3, 0.4) is 0 Å². The molecule has 0 aliphatic heterocycles. The first-order valence-electron chi connectivity index (χ1n) is 8.54. The first-order valence-corrected chi connectivity index (χ1v) is 8.54. The van der Waals surface area contributed by atoms with Crippen LogP contribution in [-0.4, -0.2) is 26.2 Å². The van der Waals surface area contributed by atoms with Crippen molar-refractivity contribution in [3.63, 3.8) is 0 Å². The molecule has 0 heterocycles. The van der Waals surface area contributed by atoms with E-state index in [2.05, 4.69) is 6.07 Å². The third-order valence-electron chi connectivity index (χ3n) is 5.02. The van der Waals surface area contributed by atoms with Gasteiger partial charge in [-0.15, -0.1) is 0 Å². The number of rotatable bonds is 4. The van der Waals surface area contributed by atoms with Gasteiger partial charge in [-0.25, -0.2) is 0 Å². The maximum atomic E-state index is 12.8. The van der Waals surface area contributed by atoms with Crippen LogP contribution in [-0.2, 0) is 30.9 Å². The lowest BCUT2D eigenvalue weighted by Gasteiger charge is -2.29. The van der Waals surface area contributed by atoms with Crippen LogP contribution in [0.25, 0.3) is 6.08 Å². The minimum Gasteiger partial charge on any atom is -0.468 e. The second-order valence-electron chi connectivity index (χ2n) is 6.53. The van der Waals surface area contributed by atoms with Crippen LogP contribution in [0.15, 0.2) is 54.6 Å². The molecule has 0 spiro atoms. The van der Waals surface area contributed by atoms with E-state index >= 15 is 0 Å². The Morgan fingerprint density at radius 1 is 1.04 bits per heavy atom. The van der Waals surface area contributed by atoms with E-state index in [0.717, 1.165) is 16.7 Å². The number of esters is 2. The van der Waals surface area contributed by atoms with Crippen molar-refractivity contribution in [3.05, 3.63) is 76.9 Å². The highest BCUT2D eigenvalue weighted by Crippen LogP contribution is 2.46. The van der Waals surface area contributed by atoms with E-state index in [1.807, 2.05) is 61.5 Å². The Morgan fingerprint density at radius 2 is 1.73 bits per heavy atom. The van der Waals surface area contributed by atoms with Gasteiger partial charge in [0, 0.05) is 5.92 Å². The van der Waals surface area contributed by atoms with Gasteiger partial charge in [-0.2, -0.15) is 0 Å². The van der Waals surface area contributed by atoms with Crippen molar-refractivity contribution in [1.29, 1.82) is 0 Å². The number of ether oxygens (including phenoxy) is 2. The zero-order chi connectivity index (χ0) is 18.7. The molecule has 0 bridgehead atoms. The van der Waals surface area contributed by atoms with Gasteiger partial charge in [0.15, 0.2) is 5.41 Å². The maximum Gasteiger partial charge on any atom is 0.328 e. The molecular formula is C22H22O4. The van der Waals surface area contributed by atoms with E-state index in [1.54, 1.807) is 0 Å². The Kier molecular flexibility index (Phi) is 4.94. The average molecular weight is 350 g/mol. The molecule has 2 aromatic rings. The summed E-state index contributed by atoms with van der Waals surface area (Å²) in [4.78, 5) is 25.6. The molecule has 1 aliphatic carbocycles. The number of hydrogen-bond donors (Lipinski definition) is 0. The van der Waals surface area contributed by atoms with Crippen LogP contribution in [0.2, 0.25) is 0 Å². The lowest BCUT2D eigenvalue weighted by atomic mass is 9.74. The summed E-state index contributed by atoms with van der Waals surface area (Å²) in [6.07, 6.45) is 4.44. The Balaban J connectivity index is 2.11. The fourth-order valence-electron chi connectivity index (χ4n) is 3.81.